The highest BCUT2D eigenvalue weighted by atomic mass is 28.4. The van der Waals surface area contributed by atoms with Gasteiger partial charge in [-0.25, -0.2) is 0 Å². The van der Waals surface area contributed by atoms with Gasteiger partial charge in [0.1, 0.15) is 0 Å². The molecular formula is C17H29NO2Si. The lowest BCUT2D eigenvalue weighted by Gasteiger charge is -2.30. The van der Waals surface area contributed by atoms with Crippen LogP contribution in [0.15, 0.2) is 43.1 Å². The standard InChI is InChI=1S/C17H29NO2Si/c1-5-18-13-10-14-21(4,19-6-2)20-16(3)15-17-11-8-7-9-12-17/h5,7-9,11-12,16,18H,1,6,10,13-15H2,2-4H3. The van der Waals surface area contributed by atoms with Crippen LogP contribution in [0.3, 0.4) is 0 Å². The second kappa shape index (κ2) is 9.76. The predicted molar refractivity (Wildman–Crippen MR) is 91.6 cm³/mol. The van der Waals surface area contributed by atoms with E-state index in [1.54, 1.807) is 6.20 Å². The van der Waals surface area contributed by atoms with E-state index >= 15 is 0 Å². The summed E-state index contributed by atoms with van der Waals surface area (Å²) in [6.45, 7) is 11.7. The quantitative estimate of drug-likeness (QED) is 0.497. The van der Waals surface area contributed by atoms with Crippen molar-refractivity contribution in [2.75, 3.05) is 13.2 Å². The van der Waals surface area contributed by atoms with Gasteiger partial charge in [-0.15, -0.1) is 0 Å². The molecule has 2 unspecified atom stereocenters. The van der Waals surface area contributed by atoms with E-state index in [2.05, 4.69) is 49.6 Å². The minimum absolute atomic E-state index is 0.183. The van der Waals surface area contributed by atoms with E-state index in [9.17, 15) is 0 Å². The van der Waals surface area contributed by atoms with Crippen molar-refractivity contribution in [1.29, 1.82) is 0 Å². The van der Waals surface area contributed by atoms with Crippen LogP contribution in [0, 0.1) is 0 Å². The third-order valence-corrected chi connectivity index (χ3v) is 6.42. The second-order valence-electron chi connectivity index (χ2n) is 5.45. The summed E-state index contributed by atoms with van der Waals surface area (Å²) in [5.74, 6) is 0. The average Bonchev–Trinajstić information content (AvgIpc) is 2.45. The van der Waals surface area contributed by atoms with Crippen molar-refractivity contribution in [1.82, 2.24) is 5.32 Å². The Balaban J connectivity index is 2.49. The smallest absolute Gasteiger partial charge is 0.335 e. The molecule has 0 aliphatic heterocycles. The number of hydrogen-bond donors (Lipinski definition) is 1. The van der Waals surface area contributed by atoms with Gasteiger partial charge in [0.2, 0.25) is 0 Å². The van der Waals surface area contributed by atoms with Gasteiger partial charge < -0.3 is 14.2 Å². The van der Waals surface area contributed by atoms with Crippen LogP contribution in [-0.2, 0) is 15.3 Å². The van der Waals surface area contributed by atoms with Crippen LogP contribution < -0.4 is 5.32 Å². The third-order valence-electron chi connectivity index (χ3n) is 3.36. The summed E-state index contributed by atoms with van der Waals surface area (Å²) < 4.78 is 12.3. The fourth-order valence-electron chi connectivity index (χ4n) is 2.50. The van der Waals surface area contributed by atoms with Crippen LogP contribution in [0.4, 0.5) is 0 Å². The number of rotatable bonds is 11. The van der Waals surface area contributed by atoms with Crippen LogP contribution >= 0.6 is 0 Å². The van der Waals surface area contributed by atoms with Crippen LogP contribution in [0.5, 0.6) is 0 Å². The van der Waals surface area contributed by atoms with Gasteiger partial charge in [-0.3, -0.25) is 0 Å². The second-order valence-corrected chi connectivity index (χ2v) is 8.74. The third kappa shape index (κ3) is 7.46. The molecule has 0 heterocycles. The van der Waals surface area contributed by atoms with E-state index in [-0.39, 0.29) is 6.10 Å². The van der Waals surface area contributed by atoms with Gasteiger partial charge in [0, 0.05) is 19.3 Å². The van der Waals surface area contributed by atoms with Gasteiger partial charge in [-0.1, -0.05) is 36.9 Å². The molecule has 0 radical (unpaired) electrons. The van der Waals surface area contributed by atoms with Gasteiger partial charge in [-0.2, -0.15) is 0 Å². The van der Waals surface area contributed by atoms with E-state index in [0.717, 1.165) is 32.0 Å². The molecule has 0 fully saturated rings. The van der Waals surface area contributed by atoms with E-state index < -0.39 is 8.56 Å². The SMILES string of the molecule is C=CNCCC[Si](C)(OCC)OC(C)Cc1ccccc1. The van der Waals surface area contributed by atoms with Gasteiger partial charge in [0.15, 0.2) is 0 Å². The number of hydrogen-bond acceptors (Lipinski definition) is 3. The normalized spacial score (nSPS) is 15.2. The summed E-state index contributed by atoms with van der Waals surface area (Å²) in [6, 6.07) is 11.5. The molecule has 0 aliphatic carbocycles. The Hall–Kier alpha value is -1.10. The minimum atomic E-state index is -2.09. The van der Waals surface area contributed by atoms with Crippen LogP contribution in [0.1, 0.15) is 25.8 Å². The lowest BCUT2D eigenvalue weighted by molar-refractivity contribution is 0.130. The maximum Gasteiger partial charge on any atom is 0.335 e. The first-order valence-corrected chi connectivity index (χ1v) is 10.3. The number of nitrogens with one attached hydrogen (secondary N) is 1. The first-order valence-electron chi connectivity index (χ1n) is 7.79. The summed E-state index contributed by atoms with van der Waals surface area (Å²) in [7, 11) is -2.09. The van der Waals surface area contributed by atoms with Gasteiger partial charge in [-0.05, 0) is 51.0 Å². The highest BCUT2D eigenvalue weighted by Crippen LogP contribution is 2.19. The Morgan fingerprint density at radius 2 is 2.05 bits per heavy atom. The maximum atomic E-state index is 6.33. The van der Waals surface area contributed by atoms with Crippen molar-refractivity contribution in [3.05, 3.63) is 48.7 Å². The molecule has 3 nitrogen and oxygen atoms in total. The zero-order valence-corrected chi connectivity index (χ0v) is 14.6. The van der Waals surface area contributed by atoms with Crippen molar-refractivity contribution in [2.45, 2.75) is 45.4 Å². The van der Waals surface area contributed by atoms with Crippen molar-refractivity contribution < 1.29 is 8.85 Å². The lowest BCUT2D eigenvalue weighted by Crippen LogP contribution is -2.42. The fraction of sp³-hybridized carbons (Fsp3) is 0.529. The Kier molecular flexibility index (Phi) is 8.35. The maximum absolute atomic E-state index is 6.33. The molecule has 0 aromatic heterocycles. The molecule has 0 spiro atoms. The summed E-state index contributed by atoms with van der Waals surface area (Å²) in [6.07, 6.45) is 3.90. The van der Waals surface area contributed by atoms with Crippen LogP contribution in [0.2, 0.25) is 12.6 Å². The fourth-order valence-corrected chi connectivity index (χ4v) is 5.19. The Morgan fingerprint density at radius 1 is 1.33 bits per heavy atom. The Labute approximate surface area is 130 Å². The van der Waals surface area contributed by atoms with Gasteiger partial charge >= 0.3 is 8.56 Å². The average molecular weight is 308 g/mol. The number of benzene rings is 1. The van der Waals surface area contributed by atoms with Crippen molar-refractivity contribution in [2.24, 2.45) is 0 Å². The van der Waals surface area contributed by atoms with Gasteiger partial charge in [0.25, 0.3) is 0 Å². The first kappa shape index (κ1) is 17.9. The first-order chi connectivity index (χ1) is 10.1. The molecular weight excluding hydrogens is 278 g/mol. The highest BCUT2D eigenvalue weighted by Gasteiger charge is 2.32. The predicted octanol–water partition coefficient (Wildman–Crippen LogP) is 3.87. The molecule has 0 aliphatic rings. The molecule has 0 bridgehead atoms. The molecule has 0 saturated carbocycles. The summed E-state index contributed by atoms with van der Waals surface area (Å²) in [4.78, 5) is 0. The molecule has 1 N–H and O–H groups in total. The summed E-state index contributed by atoms with van der Waals surface area (Å²) in [5, 5.41) is 3.13. The Morgan fingerprint density at radius 3 is 2.67 bits per heavy atom. The van der Waals surface area contributed by atoms with Gasteiger partial charge in [0.05, 0.1) is 0 Å². The minimum Gasteiger partial charge on any atom is -0.395 e. The monoisotopic (exact) mass is 307 g/mol. The van der Waals surface area contributed by atoms with Crippen molar-refractivity contribution in [3.63, 3.8) is 0 Å². The molecule has 1 aromatic carbocycles. The van der Waals surface area contributed by atoms with Crippen molar-refractivity contribution >= 4 is 8.56 Å². The lowest BCUT2D eigenvalue weighted by atomic mass is 10.1. The van der Waals surface area contributed by atoms with Crippen molar-refractivity contribution in [3.8, 4) is 0 Å². The largest absolute Gasteiger partial charge is 0.395 e. The van der Waals surface area contributed by atoms with E-state index in [1.165, 1.54) is 5.56 Å². The molecule has 2 atom stereocenters. The molecule has 118 valence electrons. The van der Waals surface area contributed by atoms with E-state index in [0.29, 0.717) is 0 Å². The molecule has 4 heteroatoms. The molecule has 21 heavy (non-hydrogen) atoms. The topological polar surface area (TPSA) is 30.5 Å². The summed E-state index contributed by atoms with van der Waals surface area (Å²) >= 11 is 0. The molecule has 1 rings (SSSR count). The Bertz CT molecular complexity index is 399. The van der Waals surface area contributed by atoms with E-state index in [4.69, 9.17) is 8.85 Å². The molecule has 0 saturated heterocycles. The summed E-state index contributed by atoms with van der Waals surface area (Å²) in [5.41, 5.74) is 1.31. The highest BCUT2D eigenvalue weighted by molar-refractivity contribution is 6.66. The van der Waals surface area contributed by atoms with E-state index in [1.807, 2.05) is 13.0 Å². The molecule has 0 amide bonds. The van der Waals surface area contributed by atoms with Crippen LogP contribution in [0.25, 0.3) is 0 Å². The zero-order valence-electron chi connectivity index (χ0n) is 13.6. The molecule has 1 aromatic rings. The van der Waals surface area contributed by atoms with Crippen LogP contribution in [-0.4, -0.2) is 27.8 Å². The zero-order chi connectivity index (χ0) is 15.6.